The highest BCUT2D eigenvalue weighted by molar-refractivity contribution is 7.90. The molecule has 1 atom stereocenters. The molecule has 0 spiro atoms. The van der Waals surface area contributed by atoms with E-state index in [9.17, 15) is 13.2 Å². The Hall–Kier alpha value is -3.45. The Morgan fingerprint density at radius 1 is 0.968 bits per heavy atom. The molecular weight excluding hydrogens is 410 g/mol. The van der Waals surface area contributed by atoms with Crippen LogP contribution in [0, 0.1) is 0 Å². The first-order chi connectivity index (χ1) is 14.8. The highest BCUT2D eigenvalue weighted by atomic mass is 32.2. The molecule has 0 aliphatic carbocycles. The molecule has 0 bridgehead atoms. The van der Waals surface area contributed by atoms with Gasteiger partial charge in [-0.05, 0) is 42.0 Å². The van der Waals surface area contributed by atoms with Crippen molar-refractivity contribution in [1.82, 2.24) is 14.9 Å². The van der Waals surface area contributed by atoms with Gasteiger partial charge >= 0.3 is 0 Å². The van der Waals surface area contributed by atoms with Crippen molar-refractivity contribution in [2.24, 2.45) is 7.05 Å². The summed E-state index contributed by atoms with van der Waals surface area (Å²) in [6, 6.07) is 23.3. The van der Waals surface area contributed by atoms with E-state index in [-0.39, 0.29) is 16.8 Å². The minimum Gasteiger partial charge on any atom is -0.345 e. The topological polar surface area (TPSA) is 81.1 Å². The minimum absolute atomic E-state index is 0.184. The van der Waals surface area contributed by atoms with E-state index in [2.05, 4.69) is 5.32 Å². The number of aryl methyl sites for hydroxylation is 1. The quantitative estimate of drug-likeness (QED) is 0.503. The highest BCUT2D eigenvalue weighted by Gasteiger charge is 2.20. The van der Waals surface area contributed by atoms with Crippen LogP contribution in [0.2, 0.25) is 0 Å². The van der Waals surface area contributed by atoms with Crippen LogP contribution in [-0.2, 0) is 23.3 Å². The molecule has 1 amide bonds. The van der Waals surface area contributed by atoms with Gasteiger partial charge < -0.3 is 9.88 Å². The number of para-hydroxylation sites is 2. The number of carbonyl (C=O) groups is 1. The Balaban J connectivity index is 1.62. The van der Waals surface area contributed by atoms with Crippen LogP contribution < -0.4 is 5.32 Å². The van der Waals surface area contributed by atoms with Gasteiger partial charge in [-0.3, -0.25) is 4.79 Å². The molecule has 1 N–H and O–H groups in total. The largest absolute Gasteiger partial charge is 0.345 e. The fourth-order valence-electron chi connectivity index (χ4n) is 3.59. The molecule has 4 rings (SSSR count). The van der Waals surface area contributed by atoms with Gasteiger partial charge in [0.25, 0.3) is 5.91 Å². The van der Waals surface area contributed by atoms with Crippen molar-refractivity contribution in [2.75, 3.05) is 6.26 Å². The van der Waals surface area contributed by atoms with E-state index in [1.54, 1.807) is 0 Å². The third-order valence-corrected chi connectivity index (χ3v) is 6.45. The number of benzene rings is 3. The van der Waals surface area contributed by atoms with Crippen molar-refractivity contribution in [2.45, 2.75) is 17.4 Å². The van der Waals surface area contributed by atoms with E-state index in [4.69, 9.17) is 4.98 Å². The zero-order valence-electron chi connectivity index (χ0n) is 17.3. The van der Waals surface area contributed by atoms with Crippen LogP contribution in [0.25, 0.3) is 11.0 Å². The maximum Gasteiger partial charge on any atom is 0.251 e. The maximum atomic E-state index is 12.9. The summed E-state index contributed by atoms with van der Waals surface area (Å²) >= 11 is 0. The number of hydrogen-bond acceptors (Lipinski definition) is 4. The number of nitrogens with zero attached hydrogens (tertiary/aromatic N) is 2. The second-order valence-electron chi connectivity index (χ2n) is 7.51. The monoisotopic (exact) mass is 433 g/mol. The van der Waals surface area contributed by atoms with Crippen LogP contribution in [0.1, 0.15) is 27.8 Å². The number of rotatable bonds is 6. The van der Waals surface area contributed by atoms with Gasteiger partial charge in [-0.15, -0.1) is 0 Å². The Morgan fingerprint density at radius 3 is 2.26 bits per heavy atom. The lowest BCUT2D eigenvalue weighted by molar-refractivity contribution is 0.0936. The summed E-state index contributed by atoms with van der Waals surface area (Å²) in [5, 5.41) is 3.09. The molecule has 0 aliphatic rings. The van der Waals surface area contributed by atoms with Crippen molar-refractivity contribution in [3.63, 3.8) is 0 Å². The minimum atomic E-state index is -3.31. The van der Waals surface area contributed by atoms with E-state index in [0.717, 1.165) is 28.7 Å². The normalized spacial score (nSPS) is 12.6. The molecule has 4 aromatic rings. The summed E-state index contributed by atoms with van der Waals surface area (Å²) in [6.45, 7) is 0. The predicted octanol–water partition coefficient (Wildman–Crippen LogP) is 3.69. The highest BCUT2D eigenvalue weighted by Crippen LogP contribution is 2.22. The Bertz CT molecular complexity index is 1330. The standard InChI is InChI=1S/C24H23N3O3S/c1-27-22-11-7-6-10-20(22)25-23(27)16-21(17-8-4-3-5-9-17)26-24(28)18-12-14-19(15-13-18)31(2,29)30/h3-15,21H,16H2,1-2H3,(H,26,28)/t21-/m1/s1. The molecule has 0 radical (unpaired) electrons. The van der Waals surface area contributed by atoms with Gasteiger partial charge in [0.2, 0.25) is 0 Å². The van der Waals surface area contributed by atoms with E-state index in [0.29, 0.717) is 12.0 Å². The second kappa shape index (κ2) is 8.35. The van der Waals surface area contributed by atoms with Crippen molar-refractivity contribution in [3.05, 3.63) is 95.8 Å². The number of sulfone groups is 1. The third-order valence-electron chi connectivity index (χ3n) is 5.32. The number of amides is 1. The molecule has 7 heteroatoms. The first-order valence-electron chi connectivity index (χ1n) is 9.89. The number of aromatic nitrogens is 2. The summed E-state index contributed by atoms with van der Waals surface area (Å²) < 4.78 is 25.4. The van der Waals surface area contributed by atoms with E-state index < -0.39 is 9.84 Å². The molecule has 0 saturated carbocycles. The molecule has 3 aromatic carbocycles. The number of fused-ring (bicyclic) bond motifs is 1. The summed E-state index contributed by atoms with van der Waals surface area (Å²) in [6.07, 6.45) is 1.66. The van der Waals surface area contributed by atoms with Gasteiger partial charge in [0.05, 0.1) is 22.0 Å². The van der Waals surface area contributed by atoms with Crippen LogP contribution >= 0.6 is 0 Å². The molecule has 0 unspecified atom stereocenters. The van der Waals surface area contributed by atoms with Crippen molar-refractivity contribution >= 4 is 26.8 Å². The zero-order chi connectivity index (χ0) is 22.0. The van der Waals surface area contributed by atoms with E-state index in [1.807, 2.05) is 66.2 Å². The fourth-order valence-corrected chi connectivity index (χ4v) is 4.22. The molecule has 6 nitrogen and oxygen atoms in total. The van der Waals surface area contributed by atoms with Gasteiger partial charge in [0.1, 0.15) is 5.82 Å². The summed E-state index contributed by atoms with van der Waals surface area (Å²) in [5.41, 5.74) is 3.32. The molecule has 158 valence electrons. The molecule has 1 aromatic heterocycles. The molecular formula is C24H23N3O3S. The number of imidazole rings is 1. The predicted molar refractivity (Wildman–Crippen MR) is 121 cm³/mol. The molecule has 0 fully saturated rings. The van der Waals surface area contributed by atoms with Crippen LogP contribution in [0.5, 0.6) is 0 Å². The first-order valence-corrected chi connectivity index (χ1v) is 11.8. The second-order valence-corrected chi connectivity index (χ2v) is 9.53. The summed E-state index contributed by atoms with van der Waals surface area (Å²) in [5.74, 6) is 0.593. The molecule has 0 saturated heterocycles. The molecule has 1 heterocycles. The van der Waals surface area contributed by atoms with E-state index >= 15 is 0 Å². The number of carbonyl (C=O) groups excluding carboxylic acids is 1. The average Bonchev–Trinajstić information content (AvgIpc) is 3.09. The van der Waals surface area contributed by atoms with Gasteiger partial charge in [-0.25, -0.2) is 13.4 Å². The average molecular weight is 434 g/mol. The van der Waals surface area contributed by atoms with Crippen LogP contribution in [0.3, 0.4) is 0 Å². The van der Waals surface area contributed by atoms with Crippen LogP contribution in [0.4, 0.5) is 0 Å². The smallest absolute Gasteiger partial charge is 0.251 e. The maximum absolute atomic E-state index is 12.9. The molecule has 31 heavy (non-hydrogen) atoms. The first kappa shape index (κ1) is 20.8. The summed E-state index contributed by atoms with van der Waals surface area (Å²) in [4.78, 5) is 17.9. The van der Waals surface area contributed by atoms with Gasteiger partial charge in [-0.2, -0.15) is 0 Å². The Labute approximate surface area is 181 Å². The van der Waals surface area contributed by atoms with Crippen LogP contribution in [-0.4, -0.2) is 30.1 Å². The lowest BCUT2D eigenvalue weighted by Crippen LogP contribution is -2.30. The zero-order valence-corrected chi connectivity index (χ0v) is 18.1. The van der Waals surface area contributed by atoms with Crippen molar-refractivity contribution in [1.29, 1.82) is 0 Å². The molecule has 0 aliphatic heterocycles. The SMILES string of the molecule is Cn1c(C[C@@H](NC(=O)c2ccc(S(C)(=O)=O)cc2)c2ccccc2)nc2ccccc21. The van der Waals surface area contributed by atoms with Gasteiger partial charge in [0.15, 0.2) is 9.84 Å². The van der Waals surface area contributed by atoms with Gasteiger partial charge in [-0.1, -0.05) is 42.5 Å². The lowest BCUT2D eigenvalue weighted by atomic mass is 10.0. The fraction of sp³-hybridized carbons (Fsp3) is 0.167. The van der Waals surface area contributed by atoms with Gasteiger partial charge in [0, 0.05) is 25.3 Å². The van der Waals surface area contributed by atoms with Crippen molar-refractivity contribution in [3.8, 4) is 0 Å². The Morgan fingerprint density at radius 2 is 1.61 bits per heavy atom. The summed E-state index contributed by atoms with van der Waals surface area (Å²) in [7, 11) is -1.34. The van der Waals surface area contributed by atoms with Crippen molar-refractivity contribution < 1.29 is 13.2 Å². The lowest BCUT2D eigenvalue weighted by Gasteiger charge is -2.19. The van der Waals surface area contributed by atoms with Crippen LogP contribution in [0.15, 0.2) is 83.8 Å². The Kier molecular flexibility index (Phi) is 5.61. The number of nitrogens with one attached hydrogen (secondary N) is 1. The third kappa shape index (κ3) is 4.51. The number of hydrogen-bond donors (Lipinski definition) is 1. The van der Waals surface area contributed by atoms with E-state index in [1.165, 1.54) is 24.3 Å².